The molecule has 2 rings (SSSR count). The molecule has 0 spiro atoms. The predicted molar refractivity (Wildman–Crippen MR) is 78.9 cm³/mol. The lowest BCUT2D eigenvalue weighted by atomic mass is 10.0. The van der Waals surface area contributed by atoms with Crippen LogP contribution in [0, 0.1) is 0 Å². The highest BCUT2D eigenvalue weighted by Gasteiger charge is 2.26. The minimum atomic E-state index is -2.60. The second-order valence-corrected chi connectivity index (χ2v) is 5.12. The largest absolute Gasteiger partial charge is 0.468 e. The fraction of sp³-hybridized carbons (Fsp3) is 0.400. The van der Waals surface area contributed by atoms with Gasteiger partial charge in [0.2, 0.25) is 5.91 Å². The van der Waals surface area contributed by atoms with Gasteiger partial charge in [0, 0.05) is 24.8 Å². The molecule has 0 atom stereocenters. The number of amides is 1. The number of benzene rings is 1. The predicted octanol–water partition coefficient (Wildman–Crippen LogP) is 3.55. The molecule has 0 fully saturated rings. The van der Waals surface area contributed by atoms with E-state index in [1.165, 1.54) is 7.11 Å². The van der Waals surface area contributed by atoms with Crippen molar-refractivity contribution in [2.45, 2.75) is 19.3 Å². The van der Waals surface area contributed by atoms with Gasteiger partial charge in [0.05, 0.1) is 11.6 Å². The molecule has 0 aliphatic carbocycles. The first-order valence-corrected chi connectivity index (χ1v) is 7.11. The molecule has 0 saturated carbocycles. The van der Waals surface area contributed by atoms with Crippen LogP contribution in [0.1, 0.15) is 18.4 Å². The Balaban J connectivity index is 2.28. The summed E-state index contributed by atoms with van der Waals surface area (Å²) in [6.45, 7) is -0.558. The first-order valence-electron chi connectivity index (χ1n) is 6.73. The maximum Gasteiger partial charge on any atom is 0.256 e. The Morgan fingerprint density at radius 3 is 2.82 bits per heavy atom. The number of rotatable bonds is 6. The second kappa shape index (κ2) is 7.56. The highest BCUT2D eigenvalue weighted by Crippen LogP contribution is 2.33. The van der Waals surface area contributed by atoms with E-state index >= 15 is 0 Å². The molecule has 0 radical (unpaired) electrons. The summed E-state index contributed by atoms with van der Waals surface area (Å²) in [6.07, 6.45) is -0.121. The van der Waals surface area contributed by atoms with Gasteiger partial charge < -0.3 is 14.4 Å². The van der Waals surface area contributed by atoms with Crippen molar-refractivity contribution in [1.29, 1.82) is 0 Å². The Kier molecular flexibility index (Phi) is 5.74. The molecule has 1 heterocycles. The molecule has 0 aromatic heterocycles. The number of methoxy groups -OCH3 is 1. The molecule has 1 amide bonds. The number of halogens is 3. The van der Waals surface area contributed by atoms with Crippen LogP contribution in [0.5, 0.6) is 5.75 Å². The van der Waals surface area contributed by atoms with Crippen molar-refractivity contribution < 1.29 is 23.0 Å². The van der Waals surface area contributed by atoms with Crippen molar-refractivity contribution in [1.82, 2.24) is 4.90 Å². The smallest absolute Gasteiger partial charge is 0.256 e. The van der Waals surface area contributed by atoms with Crippen molar-refractivity contribution in [3.05, 3.63) is 34.9 Å². The molecular weight excluding hydrogens is 316 g/mol. The SMILES string of the molecule is COCOc1ccc(C2=CCCC(=O)N2CC(F)F)c(Cl)c1. The van der Waals surface area contributed by atoms with Gasteiger partial charge in [0.25, 0.3) is 6.43 Å². The Bertz CT molecular complexity index is 578. The average molecular weight is 332 g/mol. The summed E-state index contributed by atoms with van der Waals surface area (Å²) in [7, 11) is 1.50. The molecule has 0 N–H and O–H groups in total. The van der Waals surface area contributed by atoms with E-state index in [1.807, 2.05) is 0 Å². The summed E-state index contributed by atoms with van der Waals surface area (Å²) in [4.78, 5) is 13.0. The molecule has 4 nitrogen and oxygen atoms in total. The first kappa shape index (κ1) is 16.7. The third kappa shape index (κ3) is 3.96. The topological polar surface area (TPSA) is 38.8 Å². The van der Waals surface area contributed by atoms with Crippen LogP contribution in [-0.4, -0.2) is 37.7 Å². The molecule has 1 aromatic rings. The normalized spacial score (nSPS) is 15.2. The number of carbonyl (C=O) groups is 1. The molecule has 0 saturated heterocycles. The van der Waals surface area contributed by atoms with Gasteiger partial charge in [0.1, 0.15) is 5.75 Å². The highest BCUT2D eigenvalue weighted by molar-refractivity contribution is 6.32. The quantitative estimate of drug-likeness (QED) is 0.748. The summed E-state index contributed by atoms with van der Waals surface area (Å²) < 4.78 is 35.5. The van der Waals surface area contributed by atoms with Crippen molar-refractivity contribution in [3.63, 3.8) is 0 Å². The summed E-state index contributed by atoms with van der Waals surface area (Å²) >= 11 is 6.20. The fourth-order valence-electron chi connectivity index (χ4n) is 2.23. The zero-order chi connectivity index (χ0) is 16.1. The standard InChI is InChI=1S/C15H16ClF2NO3/c1-21-9-22-10-5-6-11(12(16)7-10)13-3-2-4-15(20)19(13)8-14(17)18/h3,5-7,14H,2,4,8-9H2,1H3. The number of hydrogen-bond acceptors (Lipinski definition) is 3. The van der Waals surface area contributed by atoms with Gasteiger partial charge in [-0.3, -0.25) is 4.79 Å². The van der Waals surface area contributed by atoms with Crippen LogP contribution < -0.4 is 4.74 Å². The van der Waals surface area contributed by atoms with Crippen molar-refractivity contribution in [2.75, 3.05) is 20.4 Å². The maximum atomic E-state index is 12.7. The van der Waals surface area contributed by atoms with E-state index in [-0.39, 0.29) is 19.1 Å². The summed E-state index contributed by atoms with van der Waals surface area (Å²) in [5.74, 6) is 0.173. The van der Waals surface area contributed by atoms with Crippen LogP contribution >= 0.6 is 11.6 Å². The van der Waals surface area contributed by atoms with Crippen LogP contribution in [-0.2, 0) is 9.53 Å². The van der Waals surface area contributed by atoms with Gasteiger partial charge in [0.15, 0.2) is 6.79 Å². The zero-order valence-electron chi connectivity index (χ0n) is 12.0. The summed E-state index contributed by atoms with van der Waals surface area (Å²) in [5.41, 5.74) is 0.944. The molecule has 7 heteroatoms. The van der Waals surface area contributed by atoms with Crippen LogP contribution in [0.2, 0.25) is 5.02 Å². The third-order valence-corrected chi connectivity index (χ3v) is 3.48. The maximum absolute atomic E-state index is 12.7. The minimum Gasteiger partial charge on any atom is -0.468 e. The molecule has 0 unspecified atom stereocenters. The number of ether oxygens (including phenoxy) is 2. The van der Waals surface area contributed by atoms with Gasteiger partial charge in [-0.05, 0) is 24.6 Å². The summed E-state index contributed by atoms with van der Waals surface area (Å²) in [6, 6.07) is 4.87. The Labute approximate surface area is 132 Å². The van der Waals surface area contributed by atoms with Crippen LogP contribution in [0.4, 0.5) is 8.78 Å². The van der Waals surface area contributed by atoms with Gasteiger partial charge in [-0.1, -0.05) is 17.7 Å². The lowest BCUT2D eigenvalue weighted by Crippen LogP contribution is -2.35. The molecule has 22 heavy (non-hydrogen) atoms. The second-order valence-electron chi connectivity index (χ2n) is 4.72. The molecule has 1 aliphatic heterocycles. The fourth-order valence-corrected chi connectivity index (χ4v) is 2.49. The lowest BCUT2D eigenvalue weighted by Gasteiger charge is -2.29. The molecule has 120 valence electrons. The number of carbonyl (C=O) groups excluding carboxylic acids is 1. The van der Waals surface area contributed by atoms with E-state index in [1.54, 1.807) is 24.3 Å². The van der Waals surface area contributed by atoms with Gasteiger partial charge >= 0.3 is 0 Å². The van der Waals surface area contributed by atoms with Crippen molar-refractivity contribution in [3.8, 4) is 5.75 Å². The zero-order valence-corrected chi connectivity index (χ0v) is 12.8. The van der Waals surface area contributed by atoms with E-state index in [0.717, 1.165) is 4.90 Å². The summed E-state index contributed by atoms with van der Waals surface area (Å²) in [5, 5.41) is 0.328. The van der Waals surface area contributed by atoms with Crippen molar-refractivity contribution in [2.24, 2.45) is 0 Å². The van der Waals surface area contributed by atoms with Crippen LogP contribution in [0.15, 0.2) is 24.3 Å². The minimum absolute atomic E-state index is 0.0777. The Morgan fingerprint density at radius 1 is 1.41 bits per heavy atom. The molecule has 1 aliphatic rings. The monoisotopic (exact) mass is 331 g/mol. The number of hydrogen-bond donors (Lipinski definition) is 0. The van der Waals surface area contributed by atoms with Gasteiger partial charge in [-0.25, -0.2) is 8.78 Å². The van der Waals surface area contributed by atoms with Crippen LogP contribution in [0.3, 0.4) is 0 Å². The van der Waals surface area contributed by atoms with E-state index < -0.39 is 13.0 Å². The van der Waals surface area contributed by atoms with E-state index in [4.69, 9.17) is 21.1 Å². The van der Waals surface area contributed by atoms with E-state index in [2.05, 4.69) is 0 Å². The molecular formula is C15H16ClF2NO3. The third-order valence-electron chi connectivity index (χ3n) is 3.17. The first-order chi connectivity index (χ1) is 10.5. The number of nitrogens with zero attached hydrogens (tertiary/aromatic N) is 1. The van der Waals surface area contributed by atoms with Crippen LogP contribution in [0.25, 0.3) is 5.70 Å². The van der Waals surface area contributed by atoms with Gasteiger partial charge in [-0.2, -0.15) is 0 Å². The average Bonchev–Trinajstić information content (AvgIpc) is 2.47. The Hall–Kier alpha value is -1.66. The van der Waals surface area contributed by atoms with Crippen molar-refractivity contribution >= 4 is 23.2 Å². The lowest BCUT2D eigenvalue weighted by molar-refractivity contribution is -0.129. The number of allylic oxidation sites excluding steroid dienone is 1. The Morgan fingerprint density at radius 2 is 2.18 bits per heavy atom. The number of alkyl halides is 2. The molecule has 0 bridgehead atoms. The highest BCUT2D eigenvalue weighted by atomic mass is 35.5. The molecule has 1 aromatic carbocycles. The van der Waals surface area contributed by atoms with Gasteiger partial charge in [-0.15, -0.1) is 0 Å². The van der Waals surface area contributed by atoms with E-state index in [9.17, 15) is 13.6 Å². The van der Waals surface area contributed by atoms with E-state index in [0.29, 0.717) is 28.5 Å².